The lowest BCUT2D eigenvalue weighted by atomic mass is 10.1. The van der Waals surface area contributed by atoms with Gasteiger partial charge in [0.15, 0.2) is 0 Å². The smallest absolute Gasteiger partial charge is 0.231 e. The van der Waals surface area contributed by atoms with E-state index < -0.39 is 0 Å². The third kappa shape index (κ3) is 7.84. The molecular formula is C33H42N2O3. The Labute approximate surface area is 228 Å². The van der Waals surface area contributed by atoms with Crippen molar-refractivity contribution < 1.29 is 14.3 Å². The molecule has 0 aliphatic carbocycles. The van der Waals surface area contributed by atoms with Crippen molar-refractivity contribution in [1.29, 1.82) is 0 Å². The van der Waals surface area contributed by atoms with Crippen LogP contribution in [0.2, 0.25) is 0 Å². The predicted octanol–water partition coefficient (Wildman–Crippen LogP) is 7.03. The Balaban J connectivity index is 1.61. The largest absolute Gasteiger partial charge is 0.497 e. The van der Waals surface area contributed by atoms with E-state index >= 15 is 0 Å². The van der Waals surface area contributed by atoms with Gasteiger partial charge in [-0.05, 0) is 61.7 Å². The summed E-state index contributed by atoms with van der Waals surface area (Å²) in [5, 5.41) is 0. The molecule has 0 bridgehead atoms. The van der Waals surface area contributed by atoms with E-state index in [1.807, 2.05) is 42.2 Å². The molecule has 38 heavy (non-hydrogen) atoms. The number of nitrogens with zero attached hydrogens (tertiary/aromatic N) is 2. The lowest BCUT2D eigenvalue weighted by Gasteiger charge is -2.29. The first kappa shape index (κ1) is 27.7. The number of fused-ring (bicyclic) bond motifs is 1. The molecule has 0 radical (unpaired) electrons. The Morgan fingerprint density at radius 3 is 2.39 bits per heavy atom. The van der Waals surface area contributed by atoms with E-state index in [2.05, 4.69) is 47.4 Å². The van der Waals surface area contributed by atoms with Crippen LogP contribution in [-0.4, -0.2) is 37.6 Å². The highest BCUT2D eigenvalue weighted by atomic mass is 16.5. The lowest BCUT2D eigenvalue weighted by Crippen LogP contribution is -2.35. The van der Waals surface area contributed by atoms with Gasteiger partial charge in [0.2, 0.25) is 5.91 Å². The molecule has 1 aliphatic heterocycles. The quantitative estimate of drug-likeness (QED) is 0.340. The SMILES string of the molecule is CCOc1ccccc1CN1CCCCCCCCN(C(=O)Cc2cccc(OC)c2)c2ccccc2C1. The van der Waals surface area contributed by atoms with Gasteiger partial charge >= 0.3 is 0 Å². The van der Waals surface area contributed by atoms with Gasteiger partial charge in [-0.1, -0.05) is 74.2 Å². The molecule has 202 valence electrons. The number of carbonyl (C=O) groups is 1. The Morgan fingerprint density at radius 1 is 0.842 bits per heavy atom. The highest BCUT2D eigenvalue weighted by Gasteiger charge is 2.21. The Morgan fingerprint density at radius 2 is 1.58 bits per heavy atom. The standard InChI is InChI=1S/C33H42N2O3/c1-3-38-32-20-11-9-17-29(32)26-34-21-12-6-4-5-7-13-22-35(31-19-10-8-16-28(31)25-34)33(36)24-27-15-14-18-30(23-27)37-2/h8-11,14-20,23H,3-7,12-13,21-22,24-26H2,1-2H3. The van der Waals surface area contributed by atoms with E-state index in [9.17, 15) is 4.79 Å². The molecule has 1 aliphatic rings. The average Bonchev–Trinajstić information content (AvgIpc) is 2.95. The van der Waals surface area contributed by atoms with Crippen LogP contribution in [0.25, 0.3) is 0 Å². The van der Waals surface area contributed by atoms with Crippen LogP contribution < -0.4 is 14.4 Å². The van der Waals surface area contributed by atoms with E-state index in [0.717, 1.165) is 61.8 Å². The van der Waals surface area contributed by atoms with Crippen molar-refractivity contribution in [3.8, 4) is 11.5 Å². The molecule has 5 heteroatoms. The summed E-state index contributed by atoms with van der Waals surface area (Å²) in [6, 6.07) is 24.6. The summed E-state index contributed by atoms with van der Waals surface area (Å²) < 4.78 is 11.3. The van der Waals surface area contributed by atoms with Gasteiger partial charge in [-0.3, -0.25) is 9.69 Å². The molecule has 0 saturated carbocycles. The third-order valence-corrected chi connectivity index (χ3v) is 7.24. The molecule has 4 rings (SSSR count). The molecule has 0 aromatic heterocycles. The minimum absolute atomic E-state index is 0.133. The normalized spacial score (nSPS) is 15.5. The summed E-state index contributed by atoms with van der Waals surface area (Å²) in [5.74, 6) is 1.87. The van der Waals surface area contributed by atoms with Gasteiger partial charge in [-0.25, -0.2) is 0 Å². The van der Waals surface area contributed by atoms with Crippen LogP contribution in [0.1, 0.15) is 62.1 Å². The van der Waals surface area contributed by atoms with Gasteiger partial charge in [0.1, 0.15) is 11.5 Å². The van der Waals surface area contributed by atoms with Crippen LogP contribution in [0.5, 0.6) is 11.5 Å². The molecule has 1 amide bonds. The zero-order valence-electron chi connectivity index (χ0n) is 23.0. The second-order valence-electron chi connectivity index (χ2n) is 10.1. The Hall–Kier alpha value is -3.31. The number of amides is 1. The van der Waals surface area contributed by atoms with Crippen LogP contribution in [0.4, 0.5) is 5.69 Å². The van der Waals surface area contributed by atoms with E-state index in [-0.39, 0.29) is 5.91 Å². The highest BCUT2D eigenvalue weighted by Crippen LogP contribution is 2.27. The van der Waals surface area contributed by atoms with Crippen molar-refractivity contribution >= 4 is 11.6 Å². The monoisotopic (exact) mass is 514 g/mol. The summed E-state index contributed by atoms with van der Waals surface area (Å²) >= 11 is 0. The highest BCUT2D eigenvalue weighted by molar-refractivity contribution is 5.95. The third-order valence-electron chi connectivity index (χ3n) is 7.24. The number of ether oxygens (including phenoxy) is 2. The van der Waals surface area contributed by atoms with Crippen LogP contribution in [0.3, 0.4) is 0 Å². The molecule has 0 saturated heterocycles. The number of hydrogen-bond acceptors (Lipinski definition) is 4. The number of anilines is 1. The van der Waals surface area contributed by atoms with Gasteiger partial charge in [-0.15, -0.1) is 0 Å². The van der Waals surface area contributed by atoms with Crippen molar-refractivity contribution in [3.05, 3.63) is 89.5 Å². The lowest BCUT2D eigenvalue weighted by molar-refractivity contribution is -0.118. The maximum atomic E-state index is 13.8. The van der Waals surface area contributed by atoms with E-state index in [1.54, 1.807) is 7.11 Å². The average molecular weight is 515 g/mol. The zero-order valence-corrected chi connectivity index (χ0v) is 23.0. The van der Waals surface area contributed by atoms with E-state index in [0.29, 0.717) is 13.0 Å². The molecular weight excluding hydrogens is 472 g/mol. The van der Waals surface area contributed by atoms with Crippen LogP contribution in [-0.2, 0) is 24.3 Å². The second-order valence-corrected chi connectivity index (χ2v) is 10.1. The summed E-state index contributed by atoms with van der Waals surface area (Å²) in [6.07, 6.45) is 7.40. The molecule has 0 unspecified atom stereocenters. The van der Waals surface area contributed by atoms with Crippen molar-refractivity contribution in [1.82, 2.24) is 4.90 Å². The van der Waals surface area contributed by atoms with Crippen molar-refractivity contribution in [3.63, 3.8) is 0 Å². The molecule has 1 heterocycles. The molecule has 0 fully saturated rings. The van der Waals surface area contributed by atoms with Gasteiger partial charge < -0.3 is 14.4 Å². The Kier molecular flexibility index (Phi) is 10.6. The van der Waals surface area contributed by atoms with Crippen LogP contribution in [0, 0.1) is 0 Å². The number of hydrogen-bond donors (Lipinski definition) is 0. The van der Waals surface area contributed by atoms with Crippen molar-refractivity contribution in [2.75, 3.05) is 31.7 Å². The first-order valence-electron chi connectivity index (χ1n) is 14.1. The summed E-state index contributed by atoms with van der Waals surface area (Å²) in [4.78, 5) is 18.3. The van der Waals surface area contributed by atoms with Gasteiger partial charge in [-0.2, -0.15) is 0 Å². The summed E-state index contributed by atoms with van der Waals surface area (Å²) in [5.41, 5.74) is 4.41. The fourth-order valence-corrected chi connectivity index (χ4v) is 5.28. The number of methoxy groups -OCH3 is 1. The number of para-hydroxylation sites is 2. The first-order chi connectivity index (χ1) is 18.7. The molecule has 5 nitrogen and oxygen atoms in total. The molecule has 0 N–H and O–H groups in total. The van der Waals surface area contributed by atoms with E-state index in [1.165, 1.54) is 36.8 Å². The first-order valence-corrected chi connectivity index (χ1v) is 14.1. The topological polar surface area (TPSA) is 42.0 Å². The Bertz CT molecular complexity index is 1160. The predicted molar refractivity (Wildman–Crippen MR) is 155 cm³/mol. The second kappa shape index (κ2) is 14.6. The zero-order chi connectivity index (χ0) is 26.6. The number of rotatable bonds is 7. The fourth-order valence-electron chi connectivity index (χ4n) is 5.28. The van der Waals surface area contributed by atoms with Crippen LogP contribution in [0.15, 0.2) is 72.8 Å². The minimum Gasteiger partial charge on any atom is -0.497 e. The maximum Gasteiger partial charge on any atom is 0.231 e. The summed E-state index contributed by atoms with van der Waals surface area (Å²) in [7, 11) is 1.66. The van der Waals surface area contributed by atoms with Gasteiger partial charge in [0, 0.05) is 30.9 Å². The maximum absolute atomic E-state index is 13.8. The molecule has 0 atom stereocenters. The summed E-state index contributed by atoms with van der Waals surface area (Å²) in [6.45, 7) is 6.06. The molecule has 0 spiro atoms. The van der Waals surface area contributed by atoms with Gasteiger partial charge in [0.25, 0.3) is 0 Å². The molecule has 3 aromatic carbocycles. The number of benzene rings is 3. The fraction of sp³-hybridized carbons (Fsp3) is 0.424. The van der Waals surface area contributed by atoms with Crippen LogP contribution >= 0.6 is 0 Å². The van der Waals surface area contributed by atoms with Gasteiger partial charge in [0.05, 0.1) is 20.1 Å². The van der Waals surface area contributed by atoms with Crippen molar-refractivity contribution in [2.45, 2.75) is 65.0 Å². The minimum atomic E-state index is 0.133. The van der Waals surface area contributed by atoms with E-state index in [4.69, 9.17) is 9.47 Å². The van der Waals surface area contributed by atoms with Crippen molar-refractivity contribution in [2.24, 2.45) is 0 Å². The molecule has 3 aromatic rings. The number of carbonyl (C=O) groups excluding carboxylic acids is 1.